The minimum Gasteiger partial charge on any atom is -0.341 e. The van der Waals surface area contributed by atoms with E-state index in [9.17, 15) is 4.79 Å². The van der Waals surface area contributed by atoms with Crippen LogP contribution in [0.25, 0.3) is 0 Å². The van der Waals surface area contributed by atoms with Crippen molar-refractivity contribution in [2.45, 2.75) is 50.6 Å². The summed E-state index contributed by atoms with van der Waals surface area (Å²) in [4.78, 5) is 17.3. The van der Waals surface area contributed by atoms with Crippen LogP contribution in [0.5, 0.6) is 0 Å². The normalized spacial score (nSPS) is 20.9. The Bertz CT molecular complexity index is 717. The van der Waals surface area contributed by atoms with Crippen molar-refractivity contribution < 1.29 is 4.79 Å². The average Bonchev–Trinajstić information content (AvgIpc) is 3.35. The summed E-state index contributed by atoms with van der Waals surface area (Å²) in [7, 11) is 2.01. The van der Waals surface area contributed by atoms with E-state index >= 15 is 0 Å². The molecule has 1 aliphatic heterocycles. The van der Waals surface area contributed by atoms with Crippen molar-refractivity contribution in [1.29, 1.82) is 0 Å². The van der Waals surface area contributed by atoms with Gasteiger partial charge >= 0.3 is 0 Å². The number of amides is 1. The fraction of sp³-hybridized carbons (Fsp3) is 0.500. The maximum absolute atomic E-state index is 12.7. The van der Waals surface area contributed by atoms with E-state index < -0.39 is 0 Å². The SMILES string of the molecule is CN(C(=O)CCc1ccsc1)[C@@H]1CCCN(C2Cc3ccccc3C2)C1. The molecule has 1 aromatic heterocycles. The van der Waals surface area contributed by atoms with E-state index in [0.29, 0.717) is 18.5 Å². The molecule has 0 radical (unpaired) electrons. The molecule has 0 N–H and O–H groups in total. The summed E-state index contributed by atoms with van der Waals surface area (Å²) >= 11 is 1.71. The molecular formula is C22H28N2OS. The minimum atomic E-state index is 0.290. The van der Waals surface area contributed by atoms with E-state index in [1.807, 2.05) is 11.9 Å². The number of likely N-dealkylation sites (N-methyl/N-ethyl adjacent to an activating group) is 1. The van der Waals surface area contributed by atoms with Gasteiger partial charge in [-0.05, 0) is 72.2 Å². The maximum Gasteiger partial charge on any atom is 0.222 e. The van der Waals surface area contributed by atoms with Gasteiger partial charge in [0.05, 0.1) is 0 Å². The zero-order chi connectivity index (χ0) is 17.9. The number of fused-ring (bicyclic) bond motifs is 1. The molecule has 0 spiro atoms. The molecule has 2 aliphatic rings. The Hall–Kier alpha value is -1.65. The van der Waals surface area contributed by atoms with Crippen LogP contribution < -0.4 is 0 Å². The Balaban J connectivity index is 1.32. The van der Waals surface area contributed by atoms with Gasteiger partial charge in [-0.2, -0.15) is 11.3 Å². The highest BCUT2D eigenvalue weighted by molar-refractivity contribution is 7.07. The number of carbonyl (C=O) groups is 1. The Morgan fingerprint density at radius 3 is 2.69 bits per heavy atom. The molecule has 1 fully saturated rings. The van der Waals surface area contributed by atoms with Crippen LogP contribution in [0.15, 0.2) is 41.1 Å². The topological polar surface area (TPSA) is 23.6 Å². The molecule has 3 nitrogen and oxygen atoms in total. The average molecular weight is 369 g/mol. The number of nitrogens with zero attached hydrogens (tertiary/aromatic N) is 2. The third-order valence-electron chi connectivity index (χ3n) is 6.12. The van der Waals surface area contributed by atoms with Gasteiger partial charge in [0, 0.05) is 32.1 Å². The van der Waals surface area contributed by atoms with Crippen LogP contribution in [0.2, 0.25) is 0 Å². The minimum absolute atomic E-state index is 0.290. The number of thiophene rings is 1. The molecule has 0 saturated carbocycles. The first-order valence-corrected chi connectivity index (χ1v) is 10.7. The van der Waals surface area contributed by atoms with E-state index in [1.54, 1.807) is 11.3 Å². The third kappa shape index (κ3) is 3.86. The maximum atomic E-state index is 12.7. The number of benzene rings is 1. The largest absolute Gasteiger partial charge is 0.341 e. The van der Waals surface area contributed by atoms with Gasteiger partial charge in [-0.15, -0.1) is 0 Å². The van der Waals surface area contributed by atoms with E-state index in [1.165, 1.54) is 42.5 Å². The summed E-state index contributed by atoms with van der Waals surface area (Å²) < 4.78 is 0. The van der Waals surface area contributed by atoms with E-state index in [-0.39, 0.29) is 5.91 Å². The Kier molecular flexibility index (Phi) is 5.41. The van der Waals surface area contributed by atoms with Crippen molar-refractivity contribution >= 4 is 17.2 Å². The van der Waals surface area contributed by atoms with E-state index in [4.69, 9.17) is 0 Å². The predicted octanol–water partition coefficient (Wildman–Crippen LogP) is 3.77. The molecule has 138 valence electrons. The summed E-state index contributed by atoms with van der Waals surface area (Å²) in [6.45, 7) is 2.20. The zero-order valence-electron chi connectivity index (χ0n) is 15.6. The number of aryl methyl sites for hydroxylation is 1. The van der Waals surface area contributed by atoms with Gasteiger partial charge in [-0.25, -0.2) is 0 Å². The zero-order valence-corrected chi connectivity index (χ0v) is 16.4. The van der Waals surface area contributed by atoms with Gasteiger partial charge in [0.15, 0.2) is 0 Å². The fourth-order valence-electron chi connectivity index (χ4n) is 4.49. The van der Waals surface area contributed by atoms with Gasteiger partial charge < -0.3 is 4.90 Å². The number of hydrogen-bond acceptors (Lipinski definition) is 3. The van der Waals surface area contributed by atoms with Gasteiger partial charge in [-0.1, -0.05) is 24.3 Å². The lowest BCUT2D eigenvalue weighted by Crippen LogP contribution is -2.51. The lowest BCUT2D eigenvalue weighted by Gasteiger charge is -2.40. The lowest BCUT2D eigenvalue weighted by atomic mass is 10.0. The molecule has 1 amide bonds. The van der Waals surface area contributed by atoms with Crippen molar-refractivity contribution in [2.75, 3.05) is 20.1 Å². The van der Waals surface area contributed by atoms with Gasteiger partial charge in [0.2, 0.25) is 5.91 Å². The predicted molar refractivity (Wildman–Crippen MR) is 108 cm³/mol. The van der Waals surface area contributed by atoms with Gasteiger partial charge in [0.1, 0.15) is 0 Å². The van der Waals surface area contributed by atoms with Crippen molar-refractivity contribution in [1.82, 2.24) is 9.80 Å². The highest BCUT2D eigenvalue weighted by Gasteiger charge is 2.32. The molecule has 1 aliphatic carbocycles. The van der Waals surface area contributed by atoms with Gasteiger partial charge in [-0.3, -0.25) is 9.69 Å². The highest BCUT2D eigenvalue weighted by Crippen LogP contribution is 2.28. The van der Waals surface area contributed by atoms with Crippen molar-refractivity contribution in [2.24, 2.45) is 0 Å². The van der Waals surface area contributed by atoms with Crippen molar-refractivity contribution in [3.8, 4) is 0 Å². The summed E-state index contributed by atoms with van der Waals surface area (Å²) in [6, 6.07) is 12.0. The Morgan fingerprint density at radius 1 is 1.23 bits per heavy atom. The van der Waals surface area contributed by atoms with E-state index in [0.717, 1.165) is 19.4 Å². The van der Waals surface area contributed by atoms with Crippen LogP contribution >= 0.6 is 11.3 Å². The van der Waals surface area contributed by atoms with Crippen LogP contribution in [0.4, 0.5) is 0 Å². The summed E-state index contributed by atoms with van der Waals surface area (Å²) in [5.74, 6) is 0.290. The monoisotopic (exact) mass is 368 g/mol. The van der Waals surface area contributed by atoms with Crippen molar-refractivity contribution in [3.63, 3.8) is 0 Å². The molecule has 1 saturated heterocycles. The summed E-state index contributed by atoms with van der Waals surface area (Å²) in [5.41, 5.74) is 4.31. The molecule has 1 atom stereocenters. The first-order valence-electron chi connectivity index (χ1n) is 9.78. The second kappa shape index (κ2) is 7.93. The molecule has 4 heteroatoms. The Labute approximate surface area is 160 Å². The van der Waals surface area contributed by atoms with Gasteiger partial charge in [0.25, 0.3) is 0 Å². The van der Waals surface area contributed by atoms with Crippen LogP contribution in [0, 0.1) is 0 Å². The van der Waals surface area contributed by atoms with Crippen LogP contribution in [0.1, 0.15) is 36.0 Å². The number of hydrogen-bond donors (Lipinski definition) is 0. The molecule has 1 aromatic carbocycles. The Morgan fingerprint density at radius 2 is 2.00 bits per heavy atom. The number of piperidine rings is 1. The second-order valence-corrected chi connectivity index (χ2v) is 8.54. The molecule has 0 bridgehead atoms. The van der Waals surface area contributed by atoms with Crippen molar-refractivity contribution in [3.05, 3.63) is 57.8 Å². The first-order chi connectivity index (χ1) is 12.7. The molecule has 2 aromatic rings. The highest BCUT2D eigenvalue weighted by atomic mass is 32.1. The second-order valence-electron chi connectivity index (χ2n) is 7.76. The molecule has 2 heterocycles. The number of likely N-dealkylation sites (tertiary alicyclic amines) is 1. The number of carbonyl (C=O) groups excluding carboxylic acids is 1. The van der Waals surface area contributed by atoms with E-state index in [2.05, 4.69) is 46.0 Å². The van der Waals surface area contributed by atoms with Crippen LogP contribution in [-0.4, -0.2) is 47.9 Å². The molecule has 4 rings (SSSR count). The standard InChI is InChI=1S/C22H28N2OS/c1-23(22(25)9-8-17-10-12-26-16-17)20-7-4-11-24(15-20)21-13-18-5-2-3-6-19(18)14-21/h2-3,5-6,10,12,16,20-21H,4,7-9,11,13-15H2,1H3/t20-/m1/s1. The van der Waals surface area contributed by atoms with Crippen LogP contribution in [-0.2, 0) is 24.1 Å². The van der Waals surface area contributed by atoms with Crippen LogP contribution in [0.3, 0.4) is 0 Å². The number of rotatable bonds is 5. The quantitative estimate of drug-likeness (QED) is 0.802. The summed E-state index contributed by atoms with van der Waals surface area (Å²) in [6.07, 6.45) is 6.15. The molecule has 0 unspecified atom stereocenters. The smallest absolute Gasteiger partial charge is 0.222 e. The molecular weight excluding hydrogens is 340 g/mol. The fourth-order valence-corrected chi connectivity index (χ4v) is 5.19. The molecule has 26 heavy (non-hydrogen) atoms. The third-order valence-corrected chi connectivity index (χ3v) is 6.85. The first kappa shape index (κ1) is 17.7. The lowest BCUT2D eigenvalue weighted by molar-refractivity contribution is -0.133. The summed E-state index contributed by atoms with van der Waals surface area (Å²) in [5, 5.41) is 4.23.